The Hall–Kier alpha value is 0.0355. The smallest absolute Gasteiger partial charge is 0 e. The molecule has 1 saturated heterocycles. The van der Waals surface area contributed by atoms with E-state index >= 15 is 0 Å². The van der Waals surface area contributed by atoms with Crippen LogP contribution in [0.1, 0.15) is 6.42 Å². The standard InChI is InChI=1S/C3H6S.11CO.4Os/c1-2-4-3-1;11*1-2;;;;/h1-3H2;;;;;;;;;;;;;;;. The second kappa shape index (κ2) is 1400. The Labute approximate surface area is 231 Å². The van der Waals surface area contributed by atoms with Crippen LogP contribution in [0.5, 0.6) is 0 Å². The van der Waals surface area contributed by atoms with Gasteiger partial charge < -0.3 is 0 Å². The maximum atomic E-state index is 7.50. The van der Waals surface area contributed by atoms with Crippen molar-refractivity contribution in [2.75, 3.05) is 11.5 Å². The van der Waals surface area contributed by atoms with Crippen molar-refractivity contribution >= 4 is 11.8 Å². The summed E-state index contributed by atoms with van der Waals surface area (Å²) in [6, 6.07) is 0. The van der Waals surface area contributed by atoms with E-state index in [2.05, 4.69) is 73.2 Å². The molecular formula is C14H6O11Os4S. The topological polar surface area (TPSA) is 219 Å². The van der Waals surface area contributed by atoms with Crippen molar-refractivity contribution in [3.63, 3.8) is 0 Å². The molecule has 0 aromatic heterocycles. The number of thioether (sulfide) groups is 1. The van der Waals surface area contributed by atoms with Crippen LogP contribution in [0.25, 0.3) is 0 Å². The first-order chi connectivity index (χ1) is 13.0. The number of rotatable bonds is 0. The first kappa shape index (κ1) is 112. The van der Waals surface area contributed by atoms with Crippen LogP contribution in [-0.4, -0.2) is 11.5 Å². The average Bonchev–Trinajstić information content (AvgIpc) is 2.82. The molecule has 0 unspecified atom stereocenters. The van der Waals surface area contributed by atoms with Gasteiger partial charge in [0.2, 0.25) is 0 Å². The third-order valence-corrected chi connectivity index (χ3v) is 1.73. The van der Waals surface area contributed by atoms with Gasteiger partial charge in [-0.15, -0.1) is 0 Å². The van der Waals surface area contributed by atoms with Gasteiger partial charge in [0.1, 0.15) is 0 Å². The van der Waals surface area contributed by atoms with E-state index in [0.717, 1.165) is 0 Å². The van der Waals surface area contributed by atoms with Gasteiger partial charge in [-0.2, -0.15) is 11.8 Å². The van der Waals surface area contributed by atoms with Crippen LogP contribution in [0.4, 0.5) is 0 Å². The fourth-order valence-electron chi connectivity index (χ4n) is 0.144. The molecule has 1 aliphatic rings. The van der Waals surface area contributed by atoms with Crippen LogP contribution in [0.3, 0.4) is 0 Å². The van der Waals surface area contributed by atoms with Crippen molar-refractivity contribution in [2.45, 2.75) is 6.42 Å². The van der Waals surface area contributed by atoms with E-state index < -0.39 is 0 Å². The van der Waals surface area contributed by atoms with Gasteiger partial charge in [-0.3, -0.25) is 0 Å². The van der Waals surface area contributed by atoms with Crippen molar-refractivity contribution in [1.29, 1.82) is 0 Å². The Morgan fingerprint density at radius 1 is 0.300 bits per heavy atom. The van der Waals surface area contributed by atoms with Crippen LogP contribution < -0.4 is 0 Å². The van der Waals surface area contributed by atoms with E-state index in [1.165, 1.54) is 17.9 Å². The summed E-state index contributed by atoms with van der Waals surface area (Å²) in [5, 5.41) is 0. The summed E-state index contributed by atoms with van der Waals surface area (Å²) in [6.45, 7) is 49.5. The predicted molar refractivity (Wildman–Crippen MR) is 65.2 cm³/mol. The molecule has 166 valence electrons. The fourth-order valence-corrected chi connectivity index (χ4v) is 0.433. The van der Waals surface area contributed by atoms with Gasteiger partial charge in [0.05, 0.1) is 0 Å². The zero-order chi connectivity index (χ0) is 24.8. The van der Waals surface area contributed by atoms with E-state index in [1.54, 1.807) is 0 Å². The van der Waals surface area contributed by atoms with Gasteiger partial charge >= 0.3 is 124 Å². The molecule has 1 heterocycles. The van der Waals surface area contributed by atoms with Gasteiger partial charge in [-0.05, 0) is 17.9 Å². The van der Waals surface area contributed by atoms with Crippen LogP contribution in [-0.2, 0) is 130 Å². The second-order valence-corrected chi connectivity index (χ2v) is 2.19. The summed E-state index contributed by atoms with van der Waals surface area (Å²) in [4.78, 5) is 0. The number of hydrogen-bond donors (Lipinski definition) is 0. The molecule has 1 rings (SSSR count). The normalized spacial score (nSPS) is 3.93. The minimum Gasteiger partial charge on any atom is 0 e. The minimum absolute atomic E-state index is 0. The zero-order valence-electron chi connectivity index (χ0n) is 13.9. The molecule has 0 saturated carbocycles. The van der Waals surface area contributed by atoms with Gasteiger partial charge in [-0.25, -0.2) is 0 Å². The van der Waals surface area contributed by atoms with Crippen molar-refractivity contribution in [3.05, 3.63) is 73.2 Å². The Morgan fingerprint density at radius 2 is 0.333 bits per heavy atom. The quantitative estimate of drug-likeness (QED) is 0.249. The Kier molecular flexibility index (Phi) is 5230. The molecule has 0 radical (unpaired) electrons. The minimum atomic E-state index is 0. The first-order valence-corrected chi connectivity index (χ1v) is 4.98. The van der Waals surface area contributed by atoms with Crippen LogP contribution in [0, 0.1) is 73.2 Å². The third kappa shape index (κ3) is 1260. The molecule has 0 amide bonds. The second-order valence-electron chi connectivity index (χ2n) is 0.966. The van der Waals surface area contributed by atoms with Gasteiger partial charge in [0, 0.05) is 79.2 Å². The summed E-state index contributed by atoms with van der Waals surface area (Å²) in [5.74, 6) is 2.83. The van der Waals surface area contributed by atoms with Crippen molar-refractivity contribution < 1.29 is 130 Å². The summed E-state index contributed by atoms with van der Waals surface area (Å²) < 4.78 is 82.5. The molecule has 0 aromatic rings. The Balaban J connectivity index is -0.00000000631. The molecule has 1 aliphatic heterocycles. The molecular weight excluding hydrogens is 1140 g/mol. The molecule has 1 fully saturated rings. The fraction of sp³-hybridized carbons (Fsp3) is 0.214. The SMILES string of the molecule is C1CSC1.[C-]#[O+].[C-]#[O+].[C-]#[O+].[C-]#[O+].[C-]#[O+].[C-]#[O+].[C-]#[O+].[C-]#[O+].[C-]#[O+].[C-]#[O+].[C-]#[O+].[Os].[Os].[Os].[Os]. The summed E-state index contributed by atoms with van der Waals surface area (Å²) >= 11 is 2.04. The molecule has 0 atom stereocenters. The van der Waals surface area contributed by atoms with Crippen molar-refractivity contribution in [2.24, 2.45) is 0 Å². The molecule has 0 spiro atoms. The van der Waals surface area contributed by atoms with E-state index in [-0.39, 0.29) is 79.2 Å². The molecule has 0 N–H and O–H groups in total. The summed E-state index contributed by atoms with van der Waals surface area (Å²) in [7, 11) is 0. The van der Waals surface area contributed by atoms with Crippen molar-refractivity contribution in [3.8, 4) is 0 Å². The molecule has 0 aliphatic carbocycles. The maximum absolute atomic E-state index is 7.50. The molecule has 0 bridgehead atoms. The summed E-state index contributed by atoms with van der Waals surface area (Å²) in [5.41, 5.74) is 0. The predicted octanol–water partition coefficient (Wildman–Crippen LogP) is 0.701. The van der Waals surface area contributed by atoms with Gasteiger partial charge in [0.25, 0.3) is 0 Å². The van der Waals surface area contributed by atoms with E-state index in [0.29, 0.717) is 0 Å². The molecule has 11 nitrogen and oxygen atoms in total. The maximum Gasteiger partial charge on any atom is 0 e. The zero-order valence-corrected chi connectivity index (χ0v) is 24.9. The molecule has 16 heteroatoms. The van der Waals surface area contributed by atoms with E-state index in [1.807, 2.05) is 11.8 Å². The van der Waals surface area contributed by atoms with E-state index in [9.17, 15) is 0 Å². The monoisotopic (exact) mass is 1150 g/mol. The van der Waals surface area contributed by atoms with Crippen LogP contribution in [0.2, 0.25) is 0 Å². The third-order valence-electron chi connectivity index (χ3n) is 0.577. The van der Waals surface area contributed by atoms with Crippen LogP contribution >= 0.6 is 11.8 Å². The van der Waals surface area contributed by atoms with Gasteiger partial charge in [-0.1, -0.05) is 0 Å². The van der Waals surface area contributed by atoms with E-state index in [4.69, 9.17) is 51.2 Å². The summed E-state index contributed by atoms with van der Waals surface area (Å²) in [6.07, 6.45) is 1.46. The Bertz CT molecular complexity index is 259. The first-order valence-electron chi connectivity index (χ1n) is 3.82. The van der Waals surface area contributed by atoms with Crippen molar-refractivity contribution in [1.82, 2.24) is 0 Å². The Morgan fingerprint density at radius 3 is 0.333 bits per heavy atom. The molecule has 0 aromatic carbocycles. The van der Waals surface area contributed by atoms with Gasteiger partial charge in [0.15, 0.2) is 0 Å². The largest absolute Gasteiger partial charge is 0 e. The number of hydrogen-bond acceptors (Lipinski definition) is 1. The van der Waals surface area contributed by atoms with Crippen LogP contribution in [0.15, 0.2) is 0 Å². The average molecular weight is 1140 g/mol. The molecule has 30 heavy (non-hydrogen) atoms.